The van der Waals surface area contributed by atoms with Gasteiger partial charge in [-0.3, -0.25) is 9.59 Å². The van der Waals surface area contributed by atoms with Crippen LogP contribution in [0, 0.1) is 0 Å². The lowest BCUT2D eigenvalue weighted by atomic mass is 10.3. The van der Waals surface area contributed by atoms with E-state index in [0.717, 1.165) is 0 Å². The molecule has 0 fully saturated rings. The molecule has 1 aromatic heterocycles. The number of aliphatic carboxylic acids is 1. The Kier molecular flexibility index (Phi) is 2.06. The third-order valence-corrected chi connectivity index (χ3v) is 1.24. The van der Waals surface area contributed by atoms with Crippen molar-refractivity contribution in [3.05, 3.63) is 23.5 Å². The van der Waals surface area contributed by atoms with Crippen molar-refractivity contribution in [3.63, 3.8) is 0 Å². The fraction of sp³-hybridized carbons (Fsp3) is 0.143. The molecule has 0 aliphatic carbocycles. The second-order valence-electron chi connectivity index (χ2n) is 2.13. The normalized spacial score (nSPS) is 9.45. The molecule has 4 nitrogen and oxygen atoms in total. The van der Waals surface area contributed by atoms with E-state index in [4.69, 9.17) is 5.11 Å². The van der Waals surface area contributed by atoms with Gasteiger partial charge in [0.1, 0.15) is 0 Å². The number of aromatic nitrogens is 1. The van der Waals surface area contributed by atoms with Crippen molar-refractivity contribution in [1.29, 1.82) is 0 Å². The number of carboxylic acid groups (broad SMARTS) is 1. The van der Waals surface area contributed by atoms with E-state index in [1.807, 2.05) is 0 Å². The molecule has 0 spiro atoms. The average molecular weight is 153 g/mol. The molecule has 0 aromatic carbocycles. The van der Waals surface area contributed by atoms with E-state index in [1.165, 1.54) is 0 Å². The maximum Gasteiger partial charge on any atom is 0.309 e. The highest BCUT2D eigenvalue weighted by atomic mass is 16.4. The van der Waals surface area contributed by atoms with Crippen LogP contribution < -0.4 is 0 Å². The Balaban J connectivity index is 2.72. The lowest BCUT2D eigenvalue weighted by molar-refractivity contribution is -0.136. The Morgan fingerprint density at radius 3 is 2.82 bits per heavy atom. The number of H-pyrrole nitrogens is 1. The molecule has 1 aromatic rings. The van der Waals surface area contributed by atoms with Crippen molar-refractivity contribution in [2.75, 3.05) is 0 Å². The number of rotatable bonds is 3. The predicted octanol–water partition coefficient (Wildman–Crippen LogP) is 0.454. The summed E-state index contributed by atoms with van der Waals surface area (Å²) in [6, 6.07) is 3.13. The van der Waals surface area contributed by atoms with Gasteiger partial charge in [0.25, 0.3) is 0 Å². The molecule has 0 unspecified atom stereocenters. The monoisotopic (exact) mass is 153 g/mol. The maximum atomic E-state index is 10.2. The molecular formula is C7H7NO3. The molecule has 2 N–H and O–H groups in total. The molecule has 0 atom stereocenters. The van der Waals surface area contributed by atoms with Crippen molar-refractivity contribution in [3.8, 4) is 0 Å². The number of carboxylic acids is 1. The van der Waals surface area contributed by atoms with E-state index in [0.29, 0.717) is 17.7 Å². The first-order valence-corrected chi connectivity index (χ1v) is 3.07. The van der Waals surface area contributed by atoms with Crippen molar-refractivity contribution >= 4 is 12.3 Å². The molecule has 0 bridgehead atoms. The van der Waals surface area contributed by atoms with Crippen molar-refractivity contribution < 1.29 is 14.7 Å². The van der Waals surface area contributed by atoms with Gasteiger partial charge in [0.05, 0.1) is 12.1 Å². The van der Waals surface area contributed by atoms with E-state index in [2.05, 4.69) is 4.98 Å². The number of hydrogen-bond donors (Lipinski definition) is 2. The van der Waals surface area contributed by atoms with Gasteiger partial charge < -0.3 is 10.1 Å². The Morgan fingerprint density at radius 2 is 2.36 bits per heavy atom. The first-order valence-electron chi connectivity index (χ1n) is 3.07. The lowest BCUT2D eigenvalue weighted by Gasteiger charge is -1.88. The fourth-order valence-corrected chi connectivity index (χ4v) is 0.794. The molecule has 0 saturated carbocycles. The van der Waals surface area contributed by atoms with E-state index in [1.54, 1.807) is 12.1 Å². The van der Waals surface area contributed by atoms with E-state index in [9.17, 15) is 9.59 Å². The highest BCUT2D eigenvalue weighted by Gasteiger charge is 2.01. The van der Waals surface area contributed by atoms with Gasteiger partial charge in [0.15, 0.2) is 6.29 Å². The van der Waals surface area contributed by atoms with Gasteiger partial charge in [-0.15, -0.1) is 0 Å². The van der Waals surface area contributed by atoms with Gasteiger partial charge in [0, 0.05) is 5.69 Å². The molecular weight excluding hydrogens is 146 g/mol. The molecule has 58 valence electrons. The zero-order valence-corrected chi connectivity index (χ0v) is 5.70. The molecule has 0 aliphatic heterocycles. The maximum absolute atomic E-state index is 10.2. The zero-order valence-electron chi connectivity index (χ0n) is 5.70. The number of carbonyl (C=O) groups excluding carboxylic acids is 1. The fourth-order valence-electron chi connectivity index (χ4n) is 0.794. The summed E-state index contributed by atoms with van der Waals surface area (Å²) in [7, 11) is 0. The first-order chi connectivity index (χ1) is 5.22. The highest BCUT2D eigenvalue weighted by molar-refractivity contribution is 5.74. The summed E-state index contributed by atoms with van der Waals surface area (Å²) < 4.78 is 0. The van der Waals surface area contributed by atoms with Crippen LogP contribution in [0.4, 0.5) is 0 Å². The van der Waals surface area contributed by atoms with Gasteiger partial charge >= 0.3 is 5.97 Å². The van der Waals surface area contributed by atoms with Crippen LogP contribution >= 0.6 is 0 Å². The summed E-state index contributed by atoms with van der Waals surface area (Å²) in [4.78, 5) is 22.9. The Morgan fingerprint density at radius 1 is 1.64 bits per heavy atom. The number of nitrogens with one attached hydrogen (secondary N) is 1. The third kappa shape index (κ3) is 1.93. The molecule has 1 rings (SSSR count). The van der Waals surface area contributed by atoms with Crippen molar-refractivity contribution in [2.45, 2.75) is 6.42 Å². The average Bonchev–Trinajstić information content (AvgIpc) is 2.34. The number of hydrogen-bond acceptors (Lipinski definition) is 2. The smallest absolute Gasteiger partial charge is 0.309 e. The molecule has 0 amide bonds. The third-order valence-electron chi connectivity index (χ3n) is 1.24. The van der Waals surface area contributed by atoms with E-state index >= 15 is 0 Å². The standard InChI is InChI=1S/C7H7NO3/c9-4-6-2-1-5(8-6)3-7(10)11/h1-2,4,8H,3H2,(H,10,11). The number of aldehydes is 1. The van der Waals surface area contributed by atoms with Crippen molar-refractivity contribution in [1.82, 2.24) is 4.98 Å². The minimum absolute atomic E-state index is 0.0756. The number of carbonyl (C=O) groups is 2. The molecule has 0 saturated heterocycles. The second-order valence-corrected chi connectivity index (χ2v) is 2.13. The quantitative estimate of drug-likeness (QED) is 0.619. The predicted molar refractivity (Wildman–Crippen MR) is 37.5 cm³/mol. The summed E-state index contributed by atoms with van der Waals surface area (Å²) in [6.07, 6.45) is 0.569. The van der Waals surface area contributed by atoms with Crippen LogP contribution in [0.5, 0.6) is 0 Å². The van der Waals surface area contributed by atoms with Gasteiger partial charge in [-0.2, -0.15) is 0 Å². The molecule has 4 heteroatoms. The van der Waals surface area contributed by atoms with Gasteiger partial charge in [0.2, 0.25) is 0 Å². The van der Waals surface area contributed by atoms with Crippen LogP contribution in [0.1, 0.15) is 16.2 Å². The van der Waals surface area contributed by atoms with Gasteiger partial charge in [-0.1, -0.05) is 0 Å². The van der Waals surface area contributed by atoms with E-state index in [-0.39, 0.29) is 6.42 Å². The Labute approximate surface area is 62.9 Å². The van der Waals surface area contributed by atoms with Gasteiger partial charge in [-0.25, -0.2) is 0 Å². The second kappa shape index (κ2) is 3.01. The van der Waals surface area contributed by atoms with Crippen LogP contribution in [0.3, 0.4) is 0 Å². The van der Waals surface area contributed by atoms with Crippen LogP contribution in [0.2, 0.25) is 0 Å². The first kappa shape index (κ1) is 7.53. The zero-order chi connectivity index (χ0) is 8.27. The topological polar surface area (TPSA) is 70.2 Å². The van der Waals surface area contributed by atoms with Crippen LogP contribution in [0.25, 0.3) is 0 Å². The molecule has 0 radical (unpaired) electrons. The van der Waals surface area contributed by atoms with E-state index < -0.39 is 5.97 Å². The Hall–Kier alpha value is -1.58. The molecule has 0 aliphatic rings. The van der Waals surface area contributed by atoms with Gasteiger partial charge in [-0.05, 0) is 12.1 Å². The summed E-state index contributed by atoms with van der Waals surface area (Å²) in [6.45, 7) is 0. The largest absolute Gasteiger partial charge is 0.481 e. The molecule has 11 heavy (non-hydrogen) atoms. The lowest BCUT2D eigenvalue weighted by Crippen LogP contribution is -2.00. The SMILES string of the molecule is O=Cc1ccc(CC(=O)O)[nH]1. The minimum Gasteiger partial charge on any atom is -0.481 e. The van der Waals surface area contributed by atoms with Crippen LogP contribution in [-0.4, -0.2) is 22.3 Å². The highest BCUT2D eigenvalue weighted by Crippen LogP contribution is 1.99. The summed E-state index contributed by atoms with van der Waals surface area (Å²) >= 11 is 0. The van der Waals surface area contributed by atoms with Crippen LogP contribution in [-0.2, 0) is 11.2 Å². The Bertz CT molecular complexity index is 277. The molecule has 1 heterocycles. The minimum atomic E-state index is -0.913. The van der Waals surface area contributed by atoms with Crippen LogP contribution in [0.15, 0.2) is 12.1 Å². The number of aromatic amines is 1. The summed E-state index contributed by atoms with van der Waals surface area (Å²) in [5.41, 5.74) is 0.945. The summed E-state index contributed by atoms with van der Waals surface area (Å²) in [5.74, 6) is -0.913. The summed E-state index contributed by atoms with van der Waals surface area (Å²) in [5, 5.41) is 8.34. The van der Waals surface area contributed by atoms with Crippen molar-refractivity contribution in [2.24, 2.45) is 0 Å².